The minimum absolute atomic E-state index is 0.0821. The molecule has 0 unspecified atom stereocenters. The molecule has 2 aromatic carbocycles. The van der Waals surface area contributed by atoms with E-state index in [9.17, 15) is 14.4 Å². The van der Waals surface area contributed by atoms with Gasteiger partial charge in [-0.3, -0.25) is 19.1 Å². The van der Waals surface area contributed by atoms with Gasteiger partial charge in [-0.15, -0.1) is 0 Å². The Morgan fingerprint density at radius 1 is 0.861 bits per heavy atom. The van der Waals surface area contributed by atoms with Crippen LogP contribution < -0.4 is 16.2 Å². The molecule has 2 N–H and O–H groups in total. The lowest BCUT2D eigenvalue weighted by atomic mass is 9.51. The predicted molar refractivity (Wildman–Crippen MR) is 139 cm³/mol. The van der Waals surface area contributed by atoms with E-state index in [1.54, 1.807) is 36.9 Å². The van der Waals surface area contributed by atoms with Gasteiger partial charge in [-0.2, -0.15) is 0 Å². The number of amides is 2. The Balaban J connectivity index is 1.19. The Kier molecular flexibility index (Phi) is 5.58. The molecule has 0 spiro atoms. The maximum absolute atomic E-state index is 13.3. The molecular weight excluding hydrogens is 452 g/mol. The van der Waals surface area contributed by atoms with E-state index in [-0.39, 0.29) is 29.0 Å². The first-order valence-corrected chi connectivity index (χ1v) is 13.0. The van der Waals surface area contributed by atoms with Crippen LogP contribution in [-0.4, -0.2) is 21.2 Å². The summed E-state index contributed by atoms with van der Waals surface area (Å²) in [6.07, 6.45) is 6.10. The second kappa shape index (κ2) is 8.80. The molecule has 4 saturated carbocycles. The fraction of sp³-hybridized carbons (Fsp3) is 0.414. The smallest absolute Gasteiger partial charge is 0.295 e. The summed E-state index contributed by atoms with van der Waals surface area (Å²) in [5.74, 6) is 2.42. The molecule has 0 atom stereocenters. The van der Waals surface area contributed by atoms with Crippen molar-refractivity contribution in [3.8, 4) is 5.69 Å². The van der Waals surface area contributed by atoms with Gasteiger partial charge in [0.25, 0.3) is 11.5 Å². The van der Waals surface area contributed by atoms with Crippen LogP contribution in [0, 0.1) is 36.5 Å². The van der Waals surface area contributed by atoms with Gasteiger partial charge in [0, 0.05) is 24.2 Å². The fourth-order valence-electron chi connectivity index (χ4n) is 7.22. The molecule has 4 aliphatic rings. The van der Waals surface area contributed by atoms with E-state index in [0.29, 0.717) is 28.8 Å². The highest BCUT2D eigenvalue weighted by atomic mass is 16.2. The number of carbonyl (C=O) groups excluding carboxylic acids is 2. The van der Waals surface area contributed by atoms with Crippen molar-refractivity contribution in [2.24, 2.45) is 36.6 Å². The van der Waals surface area contributed by atoms with Crippen molar-refractivity contribution in [1.82, 2.24) is 9.36 Å². The molecule has 4 bridgehead atoms. The first-order chi connectivity index (χ1) is 17.4. The maximum Gasteiger partial charge on any atom is 0.295 e. The first-order valence-electron chi connectivity index (χ1n) is 13.0. The minimum atomic E-state index is -0.383. The number of rotatable bonds is 5. The Morgan fingerprint density at radius 3 is 2.19 bits per heavy atom. The summed E-state index contributed by atoms with van der Waals surface area (Å²) >= 11 is 0. The van der Waals surface area contributed by atoms with Crippen LogP contribution in [-0.2, 0) is 11.8 Å². The molecule has 0 saturated heterocycles. The van der Waals surface area contributed by atoms with E-state index in [1.165, 1.54) is 36.8 Å². The molecular formula is C29H32N4O3. The van der Waals surface area contributed by atoms with Gasteiger partial charge in [0.1, 0.15) is 5.69 Å². The van der Waals surface area contributed by atoms with E-state index in [0.717, 1.165) is 17.5 Å². The maximum atomic E-state index is 13.3. The van der Waals surface area contributed by atoms with E-state index in [1.807, 2.05) is 36.4 Å². The number of nitrogens with one attached hydrogen (secondary N) is 2. The number of benzene rings is 2. The fourth-order valence-corrected chi connectivity index (χ4v) is 7.22. The molecule has 2 amide bonds. The summed E-state index contributed by atoms with van der Waals surface area (Å²) in [6, 6.07) is 16.3. The summed E-state index contributed by atoms with van der Waals surface area (Å²) < 4.78 is 3.27. The number of nitrogens with zero attached hydrogens (tertiary/aromatic N) is 2. The Morgan fingerprint density at radius 2 is 1.53 bits per heavy atom. The van der Waals surface area contributed by atoms with E-state index in [4.69, 9.17) is 0 Å². The van der Waals surface area contributed by atoms with Gasteiger partial charge in [0.05, 0.1) is 11.4 Å². The monoisotopic (exact) mass is 484 g/mol. The van der Waals surface area contributed by atoms with Crippen molar-refractivity contribution in [2.45, 2.75) is 39.0 Å². The highest BCUT2D eigenvalue weighted by Crippen LogP contribution is 2.56. The lowest BCUT2D eigenvalue weighted by Gasteiger charge is -2.53. The summed E-state index contributed by atoms with van der Waals surface area (Å²) in [5.41, 5.74) is 2.35. The largest absolute Gasteiger partial charge is 0.326 e. The van der Waals surface area contributed by atoms with E-state index >= 15 is 0 Å². The summed E-state index contributed by atoms with van der Waals surface area (Å²) in [5, 5.41) is 5.90. The molecule has 3 aromatic rings. The highest BCUT2D eigenvalue weighted by molar-refractivity contribution is 6.05. The standard InChI is InChI=1S/C29H32N4O3/c1-17-26(29(36)33(32(17)2)24-9-4-3-5-10-24)31-27(34)20-7-6-8-23(16-20)30-28(35)25-21-12-18-11-19(14-21)15-22(25)13-18/h3-10,16,18-19,21-22,25H,11-15H2,1-2H3,(H,30,35)(H,31,34). The third kappa shape index (κ3) is 3.87. The van der Waals surface area contributed by atoms with Gasteiger partial charge >= 0.3 is 0 Å². The summed E-state index contributed by atoms with van der Waals surface area (Å²) in [6.45, 7) is 1.80. The van der Waals surface area contributed by atoms with Crippen LogP contribution in [0.1, 0.15) is 48.2 Å². The van der Waals surface area contributed by atoms with Crippen molar-refractivity contribution in [3.05, 3.63) is 76.2 Å². The quantitative estimate of drug-likeness (QED) is 0.548. The van der Waals surface area contributed by atoms with Crippen molar-refractivity contribution in [1.29, 1.82) is 0 Å². The molecule has 1 heterocycles. The van der Waals surface area contributed by atoms with Gasteiger partial charge in [-0.1, -0.05) is 24.3 Å². The number of hydrogen-bond acceptors (Lipinski definition) is 3. The van der Waals surface area contributed by atoms with E-state index in [2.05, 4.69) is 10.6 Å². The first kappa shape index (κ1) is 22.8. The predicted octanol–water partition coefficient (Wildman–Crippen LogP) is 4.75. The summed E-state index contributed by atoms with van der Waals surface area (Å²) in [7, 11) is 1.79. The summed E-state index contributed by atoms with van der Waals surface area (Å²) in [4.78, 5) is 39.6. The van der Waals surface area contributed by atoms with Gasteiger partial charge in [-0.25, -0.2) is 4.68 Å². The molecule has 7 heteroatoms. The topological polar surface area (TPSA) is 85.1 Å². The van der Waals surface area contributed by atoms with E-state index < -0.39 is 0 Å². The third-order valence-electron chi connectivity index (χ3n) is 8.71. The highest BCUT2D eigenvalue weighted by Gasteiger charge is 2.50. The third-order valence-corrected chi connectivity index (χ3v) is 8.71. The minimum Gasteiger partial charge on any atom is -0.326 e. The van der Waals surface area contributed by atoms with Gasteiger partial charge in [0.2, 0.25) is 5.91 Å². The average Bonchev–Trinajstić information content (AvgIpc) is 3.07. The van der Waals surface area contributed by atoms with Crippen molar-refractivity contribution >= 4 is 23.2 Å². The van der Waals surface area contributed by atoms with Crippen LogP contribution in [0.2, 0.25) is 0 Å². The van der Waals surface area contributed by atoms with Crippen LogP contribution in [0.4, 0.5) is 11.4 Å². The molecule has 0 aliphatic heterocycles. The number of para-hydroxylation sites is 1. The molecule has 36 heavy (non-hydrogen) atoms. The van der Waals surface area contributed by atoms with Crippen LogP contribution >= 0.6 is 0 Å². The molecule has 7 rings (SSSR count). The molecule has 4 aliphatic carbocycles. The van der Waals surface area contributed by atoms with Crippen molar-refractivity contribution in [3.63, 3.8) is 0 Å². The zero-order chi connectivity index (χ0) is 25.0. The normalized spacial score (nSPS) is 26.1. The lowest BCUT2D eigenvalue weighted by Crippen LogP contribution is -2.49. The lowest BCUT2D eigenvalue weighted by molar-refractivity contribution is -0.132. The van der Waals surface area contributed by atoms with Crippen molar-refractivity contribution in [2.75, 3.05) is 10.6 Å². The molecule has 7 nitrogen and oxygen atoms in total. The number of carbonyl (C=O) groups is 2. The number of hydrogen-bond donors (Lipinski definition) is 2. The Labute approximate surface area is 210 Å². The average molecular weight is 485 g/mol. The molecule has 4 fully saturated rings. The number of anilines is 2. The zero-order valence-corrected chi connectivity index (χ0v) is 20.7. The second-order valence-corrected chi connectivity index (χ2v) is 10.9. The van der Waals surface area contributed by atoms with Crippen LogP contribution in [0.15, 0.2) is 59.4 Å². The van der Waals surface area contributed by atoms with Crippen LogP contribution in [0.25, 0.3) is 5.69 Å². The second-order valence-electron chi connectivity index (χ2n) is 10.9. The molecule has 0 radical (unpaired) electrons. The Bertz CT molecular complexity index is 1360. The number of aromatic nitrogens is 2. The van der Waals surface area contributed by atoms with Crippen LogP contribution in [0.3, 0.4) is 0 Å². The van der Waals surface area contributed by atoms with Gasteiger partial charge in [0.15, 0.2) is 0 Å². The molecule has 1 aromatic heterocycles. The van der Waals surface area contributed by atoms with Gasteiger partial charge < -0.3 is 10.6 Å². The zero-order valence-electron chi connectivity index (χ0n) is 20.7. The van der Waals surface area contributed by atoms with Crippen LogP contribution in [0.5, 0.6) is 0 Å². The van der Waals surface area contributed by atoms with Crippen molar-refractivity contribution < 1.29 is 9.59 Å². The Hall–Kier alpha value is -3.61. The SMILES string of the molecule is Cc1c(NC(=O)c2cccc(NC(=O)C3C4CC5CC(C4)CC3C5)c2)c(=O)n(-c2ccccc2)n1C. The molecule has 186 valence electrons. The van der Waals surface area contributed by atoms with Gasteiger partial charge in [-0.05, 0) is 93.0 Å².